The smallest absolute Gasteiger partial charge is 0.211 e. The first-order valence-electron chi connectivity index (χ1n) is 7.39. The molecule has 2 nitrogen and oxygen atoms in total. The molecule has 20 heavy (non-hydrogen) atoms. The van der Waals surface area contributed by atoms with Crippen molar-refractivity contribution in [1.82, 2.24) is 0 Å². The zero-order valence-corrected chi connectivity index (χ0v) is 13.5. The van der Waals surface area contributed by atoms with E-state index in [-0.39, 0.29) is 5.43 Å². The fourth-order valence-corrected chi connectivity index (χ4v) is 3.46. The second-order valence-electron chi connectivity index (χ2n) is 5.37. The lowest BCUT2D eigenvalue weighted by Crippen LogP contribution is -2.42. The maximum absolute atomic E-state index is 12.8. The van der Waals surface area contributed by atoms with Gasteiger partial charge in [-0.15, -0.1) is 11.3 Å². The van der Waals surface area contributed by atoms with Gasteiger partial charge in [0.05, 0.1) is 5.69 Å². The molecule has 0 saturated heterocycles. The molecular formula is C17H23NOS. The van der Waals surface area contributed by atoms with Gasteiger partial charge in [-0.3, -0.25) is 4.79 Å². The molecule has 0 amide bonds. The molecule has 0 aliphatic carbocycles. The number of benzene rings is 1. The van der Waals surface area contributed by atoms with Crippen molar-refractivity contribution in [3.05, 3.63) is 39.9 Å². The van der Waals surface area contributed by atoms with Gasteiger partial charge in [-0.2, -0.15) is 0 Å². The molecule has 0 saturated carbocycles. The first-order valence-corrected chi connectivity index (χ1v) is 8.27. The summed E-state index contributed by atoms with van der Waals surface area (Å²) in [5.74, 6) is 0. The largest absolute Gasteiger partial charge is 0.362 e. The van der Waals surface area contributed by atoms with Gasteiger partial charge in [0.2, 0.25) is 5.43 Å². The van der Waals surface area contributed by atoms with Gasteiger partial charge < -0.3 is 4.90 Å². The topological polar surface area (TPSA) is 20.3 Å². The molecule has 0 radical (unpaired) electrons. The highest BCUT2D eigenvalue weighted by Crippen LogP contribution is 2.25. The van der Waals surface area contributed by atoms with Crippen LogP contribution in [0.5, 0.6) is 0 Å². The summed E-state index contributed by atoms with van der Waals surface area (Å²) in [6, 6.07) is 8.64. The van der Waals surface area contributed by atoms with Gasteiger partial charge in [0, 0.05) is 27.5 Å². The standard InChI is InChI=1S/C17H23NOS/c1-5-12(3)18(13(4)6-2)15-11-20-16-10-8-7-9-14(16)17(15)19/h7-13H,5-6H2,1-4H3/t12-,13+. The second kappa shape index (κ2) is 6.40. The van der Waals surface area contributed by atoms with Crippen LogP contribution >= 0.6 is 11.3 Å². The Labute approximate surface area is 125 Å². The van der Waals surface area contributed by atoms with E-state index in [2.05, 4.69) is 32.6 Å². The van der Waals surface area contributed by atoms with Crippen molar-refractivity contribution in [2.45, 2.75) is 52.6 Å². The van der Waals surface area contributed by atoms with Crippen LogP contribution in [0.4, 0.5) is 5.69 Å². The highest BCUT2D eigenvalue weighted by atomic mass is 32.1. The second-order valence-corrected chi connectivity index (χ2v) is 6.28. The van der Waals surface area contributed by atoms with E-state index in [1.54, 1.807) is 11.3 Å². The fourth-order valence-electron chi connectivity index (χ4n) is 2.55. The van der Waals surface area contributed by atoms with Crippen LogP contribution in [0.1, 0.15) is 40.5 Å². The summed E-state index contributed by atoms with van der Waals surface area (Å²) in [7, 11) is 0. The molecule has 1 aromatic carbocycles. The number of hydrogen-bond donors (Lipinski definition) is 0. The Morgan fingerprint density at radius 2 is 1.70 bits per heavy atom. The molecule has 1 heterocycles. The lowest BCUT2D eigenvalue weighted by molar-refractivity contribution is 0.527. The zero-order chi connectivity index (χ0) is 14.7. The Kier molecular flexibility index (Phi) is 4.81. The van der Waals surface area contributed by atoms with E-state index in [1.165, 1.54) is 0 Å². The zero-order valence-electron chi connectivity index (χ0n) is 12.7. The molecule has 3 heteroatoms. The van der Waals surface area contributed by atoms with Crippen LogP contribution in [0.3, 0.4) is 0 Å². The number of nitrogens with zero attached hydrogens (tertiary/aromatic N) is 1. The maximum atomic E-state index is 12.8. The maximum Gasteiger partial charge on any atom is 0.211 e. The van der Waals surface area contributed by atoms with E-state index in [0.29, 0.717) is 12.1 Å². The number of hydrogen-bond acceptors (Lipinski definition) is 3. The Bertz CT molecular complexity index is 624. The van der Waals surface area contributed by atoms with E-state index in [0.717, 1.165) is 28.6 Å². The molecule has 0 bridgehead atoms. The van der Waals surface area contributed by atoms with Crippen LogP contribution < -0.4 is 10.3 Å². The van der Waals surface area contributed by atoms with Gasteiger partial charge in [0.1, 0.15) is 0 Å². The molecule has 0 fully saturated rings. The third-order valence-corrected chi connectivity index (χ3v) is 5.02. The summed E-state index contributed by atoms with van der Waals surface area (Å²) in [6.07, 6.45) is 2.09. The summed E-state index contributed by atoms with van der Waals surface area (Å²) in [6.45, 7) is 8.75. The van der Waals surface area contributed by atoms with E-state index in [9.17, 15) is 4.79 Å². The van der Waals surface area contributed by atoms with Crippen molar-refractivity contribution in [3.63, 3.8) is 0 Å². The molecule has 2 atom stereocenters. The lowest BCUT2D eigenvalue weighted by atomic mass is 10.1. The Hall–Kier alpha value is -1.35. The van der Waals surface area contributed by atoms with Crippen molar-refractivity contribution in [2.24, 2.45) is 0 Å². The molecule has 1 aromatic heterocycles. The molecule has 0 N–H and O–H groups in total. The minimum atomic E-state index is 0.167. The molecule has 0 unspecified atom stereocenters. The van der Waals surface area contributed by atoms with Gasteiger partial charge in [-0.25, -0.2) is 0 Å². The van der Waals surface area contributed by atoms with Crippen molar-refractivity contribution in [3.8, 4) is 0 Å². The first kappa shape index (κ1) is 15.0. The minimum absolute atomic E-state index is 0.167. The molecule has 2 aromatic rings. The molecule has 0 aliphatic heterocycles. The Balaban J connectivity index is 2.59. The van der Waals surface area contributed by atoms with Crippen LogP contribution in [-0.4, -0.2) is 12.1 Å². The third-order valence-electron chi connectivity index (χ3n) is 4.07. The SMILES string of the molecule is CC[C@@H](C)N(c1csc2ccccc2c1=O)[C@@H](C)CC. The average Bonchev–Trinajstić information content (AvgIpc) is 2.49. The normalized spacial score (nSPS) is 14.2. The third kappa shape index (κ3) is 2.73. The Morgan fingerprint density at radius 3 is 2.30 bits per heavy atom. The predicted octanol–water partition coefficient (Wildman–Crippen LogP) is 4.66. The minimum Gasteiger partial charge on any atom is -0.362 e. The molecule has 2 rings (SSSR count). The monoisotopic (exact) mass is 289 g/mol. The molecule has 0 aliphatic rings. The summed E-state index contributed by atoms with van der Waals surface area (Å²) < 4.78 is 1.06. The van der Waals surface area contributed by atoms with Crippen LogP contribution in [-0.2, 0) is 0 Å². The van der Waals surface area contributed by atoms with Crippen molar-refractivity contribution in [2.75, 3.05) is 4.90 Å². The first-order chi connectivity index (χ1) is 9.60. The summed E-state index contributed by atoms with van der Waals surface area (Å²) >= 11 is 1.66. The van der Waals surface area contributed by atoms with Gasteiger partial charge >= 0.3 is 0 Å². The van der Waals surface area contributed by atoms with Crippen LogP contribution in [0.25, 0.3) is 10.1 Å². The van der Waals surface area contributed by atoms with Gasteiger partial charge in [0.25, 0.3) is 0 Å². The number of fused-ring (bicyclic) bond motifs is 1. The Morgan fingerprint density at radius 1 is 1.10 bits per heavy atom. The van der Waals surface area contributed by atoms with Crippen molar-refractivity contribution in [1.29, 1.82) is 0 Å². The van der Waals surface area contributed by atoms with Gasteiger partial charge in [-0.1, -0.05) is 26.0 Å². The van der Waals surface area contributed by atoms with Crippen LogP contribution in [0.2, 0.25) is 0 Å². The molecule has 0 spiro atoms. The van der Waals surface area contributed by atoms with Gasteiger partial charge in [-0.05, 0) is 38.8 Å². The fraction of sp³-hybridized carbons (Fsp3) is 0.471. The van der Waals surface area contributed by atoms with Crippen LogP contribution in [0, 0.1) is 0 Å². The van der Waals surface area contributed by atoms with Crippen molar-refractivity contribution >= 4 is 27.1 Å². The summed E-state index contributed by atoms with van der Waals surface area (Å²) in [5.41, 5.74) is 1.03. The highest BCUT2D eigenvalue weighted by molar-refractivity contribution is 7.16. The van der Waals surface area contributed by atoms with E-state index >= 15 is 0 Å². The predicted molar refractivity (Wildman–Crippen MR) is 90.1 cm³/mol. The van der Waals surface area contributed by atoms with Crippen molar-refractivity contribution < 1.29 is 0 Å². The van der Waals surface area contributed by atoms with Crippen LogP contribution in [0.15, 0.2) is 34.4 Å². The summed E-state index contributed by atoms with van der Waals surface area (Å²) in [4.78, 5) is 15.1. The number of anilines is 1. The highest BCUT2D eigenvalue weighted by Gasteiger charge is 2.21. The summed E-state index contributed by atoms with van der Waals surface area (Å²) in [5, 5.41) is 2.87. The quantitative estimate of drug-likeness (QED) is 0.797. The molecule has 108 valence electrons. The van der Waals surface area contributed by atoms with E-state index < -0.39 is 0 Å². The number of rotatable bonds is 5. The van der Waals surface area contributed by atoms with E-state index in [4.69, 9.17) is 0 Å². The average molecular weight is 289 g/mol. The van der Waals surface area contributed by atoms with E-state index in [1.807, 2.05) is 29.6 Å². The van der Waals surface area contributed by atoms with Gasteiger partial charge in [0.15, 0.2) is 0 Å². The molecular weight excluding hydrogens is 266 g/mol. The lowest BCUT2D eigenvalue weighted by Gasteiger charge is -2.35.